The third-order valence-corrected chi connectivity index (χ3v) is 3.50. The highest BCUT2D eigenvalue weighted by Gasteiger charge is 2.33. The highest BCUT2D eigenvalue weighted by molar-refractivity contribution is 4.91. The van der Waals surface area contributed by atoms with Gasteiger partial charge in [0.1, 0.15) is 0 Å². The molecule has 0 spiro atoms. The minimum absolute atomic E-state index is 0.825. The number of likely N-dealkylation sites (tertiary alicyclic amines) is 1. The molecule has 2 fully saturated rings. The highest BCUT2D eigenvalue weighted by atomic mass is 15.2. The van der Waals surface area contributed by atoms with E-state index in [1.165, 1.54) is 51.9 Å². The lowest BCUT2D eigenvalue weighted by Crippen LogP contribution is -2.40. The maximum absolute atomic E-state index is 3.65. The van der Waals surface area contributed by atoms with Gasteiger partial charge in [0.2, 0.25) is 0 Å². The maximum Gasteiger partial charge on any atom is 0.0235 e. The van der Waals surface area contributed by atoms with Crippen molar-refractivity contribution in [2.75, 3.05) is 26.2 Å². The first kappa shape index (κ1) is 9.47. The first-order chi connectivity index (χ1) is 6.40. The molecule has 0 aliphatic carbocycles. The van der Waals surface area contributed by atoms with E-state index in [1.807, 2.05) is 0 Å². The molecule has 0 aromatic heterocycles. The first-order valence-electron chi connectivity index (χ1n) is 5.86. The number of nitrogens with one attached hydrogen (secondary N) is 1. The van der Waals surface area contributed by atoms with Crippen LogP contribution in [0.2, 0.25) is 0 Å². The Kier molecular flexibility index (Phi) is 3.23. The summed E-state index contributed by atoms with van der Waals surface area (Å²) in [6, 6.07) is 0.825. The summed E-state index contributed by atoms with van der Waals surface area (Å²) in [5.74, 6) is 0.964. The van der Waals surface area contributed by atoms with Crippen LogP contribution in [0.4, 0.5) is 0 Å². The smallest absolute Gasteiger partial charge is 0.0235 e. The average Bonchev–Trinajstić information content (AvgIpc) is 2.57. The van der Waals surface area contributed by atoms with Gasteiger partial charge < -0.3 is 10.2 Å². The van der Waals surface area contributed by atoms with E-state index in [0.717, 1.165) is 12.0 Å². The molecule has 2 atom stereocenters. The maximum atomic E-state index is 3.65. The van der Waals surface area contributed by atoms with Crippen LogP contribution < -0.4 is 5.32 Å². The van der Waals surface area contributed by atoms with Gasteiger partial charge in [0.05, 0.1) is 0 Å². The van der Waals surface area contributed by atoms with Crippen LogP contribution in [0.25, 0.3) is 0 Å². The van der Waals surface area contributed by atoms with Gasteiger partial charge in [0.15, 0.2) is 0 Å². The fourth-order valence-corrected chi connectivity index (χ4v) is 2.70. The predicted octanol–water partition coefficient (Wildman–Crippen LogP) is 1.47. The molecule has 76 valence electrons. The Balaban J connectivity index is 1.77. The molecule has 2 aliphatic rings. The topological polar surface area (TPSA) is 15.3 Å². The van der Waals surface area contributed by atoms with Crippen LogP contribution in [0, 0.1) is 5.92 Å². The third-order valence-electron chi connectivity index (χ3n) is 3.50. The molecular weight excluding hydrogens is 160 g/mol. The number of fused-ring (bicyclic) bond motifs is 1. The first-order valence-corrected chi connectivity index (χ1v) is 5.86. The van der Waals surface area contributed by atoms with E-state index in [4.69, 9.17) is 0 Å². The molecule has 2 aliphatic heterocycles. The van der Waals surface area contributed by atoms with Crippen molar-refractivity contribution in [2.24, 2.45) is 5.92 Å². The molecule has 13 heavy (non-hydrogen) atoms. The van der Waals surface area contributed by atoms with Gasteiger partial charge >= 0.3 is 0 Å². The summed E-state index contributed by atoms with van der Waals surface area (Å²) in [6.45, 7) is 7.53. The quantitative estimate of drug-likeness (QED) is 0.711. The molecule has 2 saturated heterocycles. The summed E-state index contributed by atoms with van der Waals surface area (Å²) in [6.07, 6.45) is 5.56. The van der Waals surface area contributed by atoms with Crippen molar-refractivity contribution in [3.8, 4) is 0 Å². The largest absolute Gasteiger partial charge is 0.312 e. The lowest BCUT2D eigenvalue weighted by molar-refractivity contribution is 0.314. The Morgan fingerprint density at radius 1 is 1.38 bits per heavy atom. The second kappa shape index (κ2) is 4.43. The Labute approximate surface area is 81.7 Å². The lowest BCUT2D eigenvalue weighted by atomic mass is 9.94. The Bertz CT molecular complexity index is 144. The summed E-state index contributed by atoms with van der Waals surface area (Å²) >= 11 is 0. The number of nitrogens with zero attached hydrogens (tertiary/aromatic N) is 1. The van der Waals surface area contributed by atoms with E-state index in [1.54, 1.807) is 0 Å². The fraction of sp³-hybridized carbons (Fsp3) is 1.00. The number of hydrogen-bond acceptors (Lipinski definition) is 2. The van der Waals surface area contributed by atoms with Crippen LogP contribution in [0.3, 0.4) is 0 Å². The van der Waals surface area contributed by atoms with Crippen molar-refractivity contribution in [1.82, 2.24) is 10.2 Å². The van der Waals surface area contributed by atoms with Gasteiger partial charge in [-0.1, -0.05) is 13.3 Å². The van der Waals surface area contributed by atoms with E-state index >= 15 is 0 Å². The number of piperidine rings is 1. The molecule has 1 N–H and O–H groups in total. The number of unbranched alkanes of at least 4 members (excludes halogenated alkanes) is 1. The van der Waals surface area contributed by atoms with Crippen LogP contribution in [0.5, 0.6) is 0 Å². The van der Waals surface area contributed by atoms with Crippen molar-refractivity contribution in [3.63, 3.8) is 0 Å². The van der Waals surface area contributed by atoms with Crippen molar-refractivity contribution in [2.45, 2.75) is 38.6 Å². The standard InChI is InChI=1S/C11H22N2/c1-2-3-7-13-8-10-5-4-6-12-11(10)9-13/h10-12H,2-9H2,1H3/t10-,11+/m0/s1. The highest BCUT2D eigenvalue weighted by Crippen LogP contribution is 2.24. The Morgan fingerprint density at radius 2 is 2.31 bits per heavy atom. The molecule has 0 aromatic carbocycles. The molecular formula is C11H22N2. The molecule has 0 amide bonds. The molecule has 2 heterocycles. The van der Waals surface area contributed by atoms with Gasteiger partial charge in [0, 0.05) is 19.1 Å². The SMILES string of the molecule is CCCCN1C[C@@H]2CCCN[C@@H]2C1. The van der Waals surface area contributed by atoms with Gasteiger partial charge in [-0.05, 0) is 38.3 Å². The summed E-state index contributed by atoms with van der Waals surface area (Å²) in [4.78, 5) is 2.65. The summed E-state index contributed by atoms with van der Waals surface area (Å²) < 4.78 is 0. The van der Waals surface area contributed by atoms with Gasteiger partial charge in [0.25, 0.3) is 0 Å². The minimum Gasteiger partial charge on any atom is -0.312 e. The lowest BCUT2D eigenvalue weighted by Gasteiger charge is -2.24. The van der Waals surface area contributed by atoms with E-state index in [9.17, 15) is 0 Å². The van der Waals surface area contributed by atoms with Gasteiger partial charge in [-0.2, -0.15) is 0 Å². The molecule has 2 nitrogen and oxygen atoms in total. The zero-order chi connectivity index (χ0) is 9.10. The fourth-order valence-electron chi connectivity index (χ4n) is 2.70. The van der Waals surface area contributed by atoms with Crippen LogP contribution in [0.1, 0.15) is 32.6 Å². The normalized spacial score (nSPS) is 34.8. The zero-order valence-corrected chi connectivity index (χ0v) is 8.76. The van der Waals surface area contributed by atoms with Crippen LogP contribution in [-0.2, 0) is 0 Å². The number of rotatable bonds is 3. The summed E-state index contributed by atoms with van der Waals surface area (Å²) in [7, 11) is 0. The van der Waals surface area contributed by atoms with Crippen LogP contribution in [0.15, 0.2) is 0 Å². The zero-order valence-electron chi connectivity index (χ0n) is 8.76. The van der Waals surface area contributed by atoms with Gasteiger partial charge in [-0.15, -0.1) is 0 Å². The summed E-state index contributed by atoms with van der Waals surface area (Å²) in [5.41, 5.74) is 0. The summed E-state index contributed by atoms with van der Waals surface area (Å²) in [5, 5.41) is 3.65. The Morgan fingerprint density at radius 3 is 3.08 bits per heavy atom. The van der Waals surface area contributed by atoms with Crippen LogP contribution in [-0.4, -0.2) is 37.1 Å². The molecule has 0 radical (unpaired) electrons. The van der Waals surface area contributed by atoms with Crippen molar-refractivity contribution in [3.05, 3.63) is 0 Å². The molecule has 0 saturated carbocycles. The van der Waals surface area contributed by atoms with Gasteiger partial charge in [-0.3, -0.25) is 0 Å². The van der Waals surface area contributed by atoms with Crippen LogP contribution >= 0.6 is 0 Å². The van der Waals surface area contributed by atoms with E-state index in [-0.39, 0.29) is 0 Å². The Hall–Kier alpha value is -0.0800. The second-order valence-electron chi connectivity index (χ2n) is 4.58. The minimum atomic E-state index is 0.825. The molecule has 2 heteroatoms. The molecule has 0 bridgehead atoms. The van der Waals surface area contributed by atoms with Crippen molar-refractivity contribution >= 4 is 0 Å². The number of hydrogen-bond donors (Lipinski definition) is 1. The third kappa shape index (κ3) is 2.23. The second-order valence-corrected chi connectivity index (χ2v) is 4.58. The molecule has 2 rings (SSSR count). The van der Waals surface area contributed by atoms with Crippen molar-refractivity contribution < 1.29 is 0 Å². The van der Waals surface area contributed by atoms with Crippen molar-refractivity contribution in [1.29, 1.82) is 0 Å². The van der Waals surface area contributed by atoms with E-state index in [2.05, 4.69) is 17.1 Å². The van der Waals surface area contributed by atoms with E-state index < -0.39 is 0 Å². The predicted molar refractivity (Wildman–Crippen MR) is 55.9 cm³/mol. The van der Waals surface area contributed by atoms with Gasteiger partial charge in [-0.25, -0.2) is 0 Å². The monoisotopic (exact) mass is 182 g/mol. The average molecular weight is 182 g/mol. The van der Waals surface area contributed by atoms with E-state index in [0.29, 0.717) is 0 Å². The molecule has 0 unspecified atom stereocenters. The molecule has 0 aromatic rings.